The molecular formula is C20H35N5O6. The SMILES string of the molecule is CC(C)(C(=O)NCCC(=O)NCC[13C](=O)ON1C(=O)CCC1=O)[13CH]([13CH2][15NH][13CH3])N([13CH3])[13CH2][13CH3]. The molecule has 4 amide bonds. The average Bonchev–Trinajstić information content (AvgIpc) is 3.03. The molecule has 1 saturated heterocycles. The topological polar surface area (TPSA) is 137 Å². The highest BCUT2D eigenvalue weighted by Gasteiger charge is 2.38. The molecular weight excluding hydrogens is 414 g/mol. The van der Waals surface area contributed by atoms with Gasteiger partial charge in [-0.25, -0.2) is 4.79 Å². The Hall–Kier alpha value is -2.53. The first kappa shape index (κ1) is 26.5. The lowest BCUT2D eigenvalue weighted by atomic mass is 9.99. The summed E-state index contributed by atoms with van der Waals surface area (Å²) in [5, 5.41) is 8.93. The van der Waals surface area contributed by atoms with Crippen LogP contribution in [0.3, 0.4) is 0 Å². The molecule has 11 nitrogen and oxygen atoms in total. The van der Waals surface area contributed by atoms with Crippen LogP contribution < -0.4 is 16.0 Å². The lowest BCUT2D eigenvalue weighted by molar-refractivity contribution is -0.197. The van der Waals surface area contributed by atoms with E-state index in [4.69, 9.17) is 4.84 Å². The van der Waals surface area contributed by atoms with E-state index in [9.17, 15) is 24.0 Å². The van der Waals surface area contributed by atoms with Crippen LogP contribution in [0.5, 0.6) is 0 Å². The van der Waals surface area contributed by atoms with E-state index in [-0.39, 0.29) is 56.6 Å². The number of hydrogen-bond acceptors (Lipinski definition) is 8. The summed E-state index contributed by atoms with van der Waals surface area (Å²) in [5.74, 6) is -2.37. The third kappa shape index (κ3) is 7.91. The van der Waals surface area contributed by atoms with Crippen molar-refractivity contribution in [2.45, 2.75) is 52.5 Å². The van der Waals surface area contributed by atoms with Crippen LogP contribution >= 0.6 is 0 Å². The molecule has 1 rings (SSSR count). The minimum absolute atomic E-state index is 0.00113. The molecule has 0 spiro atoms. The van der Waals surface area contributed by atoms with E-state index in [1.165, 1.54) is 0 Å². The number of nitrogens with zero attached hydrogens (tertiary/aromatic N) is 2. The largest absolute Gasteiger partial charge is 0.355 e. The molecule has 1 heterocycles. The minimum Gasteiger partial charge on any atom is -0.355 e. The van der Waals surface area contributed by atoms with E-state index in [0.717, 1.165) is 6.54 Å². The second kappa shape index (κ2) is 12.4. The van der Waals surface area contributed by atoms with E-state index >= 15 is 0 Å². The first-order chi connectivity index (χ1) is 14.5. The van der Waals surface area contributed by atoms with Crippen molar-refractivity contribution in [2.24, 2.45) is 5.41 Å². The average molecular weight is 449 g/mol. The maximum absolute atomic E-state index is 12.7. The van der Waals surface area contributed by atoms with Gasteiger partial charge in [-0.2, -0.15) is 0 Å². The standard InChI is InChI=1S/C20H35N5O6/c1-6-24(5)14(13-21-4)20(2,3)19(30)23-11-9-15(26)22-12-10-18(29)31-25-16(27)7-8-17(25)28/h14,21H,6-13H2,1-5H3,(H,22,26)(H,23,30)/i1+1,4+1,5+1,6+1,13+1,14+1,18+1,21+1. The van der Waals surface area contributed by atoms with E-state index < -0.39 is 23.2 Å². The number of nitrogens with one attached hydrogen (secondary N) is 3. The molecule has 0 bridgehead atoms. The molecule has 0 aromatic rings. The molecule has 0 saturated carbocycles. The van der Waals surface area contributed by atoms with Gasteiger partial charge in [0.2, 0.25) is 11.8 Å². The van der Waals surface area contributed by atoms with Gasteiger partial charge in [0.1, 0.15) is 0 Å². The number of amides is 4. The zero-order valence-electron chi connectivity index (χ0n) is 19.1. The van der Waals surface area contributed by atoms with Gasteiger partial charge in [0, 0.05) is 44.9 Å². The van der Waals surface area contributed by atoms with Gasteiger partial charge in [0.25, 0.3) is 11.8 Å². The van der Waals surface area contributed by atoms with Gasteiger partial charge >= 0.3 is 5.97 Å². The molecule has 0 aromatic heterocycles. The molecule has 31 heavy (non-hydrogen) atoms. The quantitative estimate of drug-likeness (QED) is 0.188. The van der Waals surface area contributed by atoms with Gasteiger partial charge in [-0.15, -0.1) is 5.06 Å². The van der Waals surface area contributed by atoms with Crippen LogP contribution in [0.4, 0.5) is 0 Å². The van der Waals surface area contributed by atoms with Gasteiger partial charge < -0.3 is 25.7 Å². The number of carbonyl (C=O) groups excluding carboxylic acids is 5. The molecule has 0 radical (unpaired) electrons. The van der Waals surface area contributed by atoms with Crippen LogP contribution in [-0.2, 0) is 28.8 Å². The fourth-order valence-corrected chi connectivity index (χ4v) is 3.24. The number of imide groups is 1. The van der Waals surface area contributed by atoms with Crippen molar-refractivity contribution in [3.8, 4) is 0 Å². The Bertz CT molecular complexity index is 665. The first-order valence-electron chi connectivity index (χ1n) is 10.5. The fourth-order valence-electron chi connectivity index (χ4n) is 3.24. The van der Waals surface area contributed by atoms with Crippen LogP contribution in [0.2, 0.25) is 0 Å². The van der Waals surface area contributed by atoms with Crippen molar-refractivity contribution in [2.75, 3.05) is 40.3 Å². The highest BCUT2D eigenvalue weighted by Crippen LogP contribution is 2.24. The first-order valence-corrected chi connectivity index (χ1v) is 10.5. The molecule has 1 unspecified atom stereocenters. The van der Waals surface area contributed by atoms with Gasteiger partial charge in [-0.1, -0.05) is 6.92 Å². The van der Waals surface area contributed by atoms with Crippen LogP contribution in [0.15, 0.2) is 0 Å². The molecule has 3 N–H and O–H groups in total. The maximum atomic E-state index is 12.7. The van der Waals surface area contributed by atoms with Gasteiger partial charge in [-0.05, 0) is 34.5 Å². The summed E-state index contributed by atoms with van der Waals surface area (Å²) in [6.07, 6.45) is -0.0802. The number of likely N-dealkylation sites (N-methyl/N-ethyl adjacent to an activating group) is 2. The van der Waals surface area contributed by atoms with Gasteiger partial charge in [0.05, 0.1) is 11.8 Å². The molecule has 1 aliphatic heterocycles. The Balaban J connectivity index is 2.34. The maximum Gasteiger partial charge on any atom is 0.334 e. The molecule has 0 aliphatic carbocycles. The third-order valence-electron chi connectivity index (χ3n) is 5.33. The summed E-state index contributed by atoms with van der Waals surface area (Å²) in [7, 11) is 3.80. The Kier molecular flexibility index (Phi) is 10.6. The molecule has 1 aliphatic rings. The minimum atomic E-state index is -0.783. The Labute approximate surface area is 183 Å². The van der Waals surface area contributed by atoms with E-state index in [2.05, 4.69) is 20.9 Å². The summed E-state index contributed by atoms with van der Waals surface area (Å²) in [5.41, 5.74) is -0.668. The predicted octanol–water partition coefficient (Wildman–Crippen LogP) is -0.828. The van der Waals surface area contributed by atoms with Crippen LogP contribution in [0.25, 0.3) is 0 Å². The monoisotopic (exact) mass is 449 g/mol. The van der Waals surface area contributed by atoms with Gasteiger partial charge in [0.15, 0.2) is 0 Å². The van der Waals surface area contributed by atoms with E-state index in [1.54, 1.807) is 0 Å². The lowest BCUT2D eigenvalue weighted by Gasteiger charge is -2.38. The van der Waals surface area contributed by atoms with Crippen molar-refractivity contribution >= 4 is 29.6 Å². The van der Waals surface area contributed by atoms with Crippen molar-refractivity contribution < 1.29 is 28.8 Å². The second-order valence-corrected chi connectivity index (χ2v) is 8.02. The molecule has 1 atom stereocenters. The lowest BCUT2D eigenvalue weighted by Crippen LogP contribution is -2.55. The van der Waals surface area contributed by atoms with Crippen molar-refractivity contribution in [1.29, 1.82) is 0 Å². The predicted molar refractivity (Wildman–Crippen MR) is 112 cm³/mol. The summed E-state index contributed by atoms with van der Waals surface area (Å²) in [6.45, 7) is 7.38. The molecule has 11 heteroatoms. The molecule has 176 valence electrons. The smallest absolute Gasteiger partial charge is 0.334 e. The zero-order chi connectivity index (χ0) is 23.6. The summed E-state index contributed by atoms with van der Waals surface area (Å²) < 4.78 is 0. The zero-order valence-corrected chi connectivity index (χ0v) is 19.1. The summed E-state index contributed by atoms with van der Waals surface area (Å²) in [4.78, 5) is 65.9. The van der Waals surface area contributed by atoms with Crippen LogP contribution in [-0.4, -0.2) is 85.9 Å². The van der Waals surface area contributed by atoms with Crippen molar-refractivity contribution in [3.63, 3.8) is 0 Å². The number of rotatable bonds is 13. The van der Waals surface area contributed by atoms with Crippen LogP contribution in [0, 0.1) is 5.41 Å². The Morgan fingerprint density at radius 2 is 1.68 bits per heavy atom. The van der Waals surface area contributed by atoms with Crippen molar-refractivity contribution in [1.82, 2.24) is 25.9 Å². The second-order valence-electron chi connectivity index (χ2n) is 8.02. The van der Waals surface area contributed by atoms with E-state index in [1.807, 2.05) is 34.9 Å². The normalized spacial score (nSPS) is 15.2. The number of carbonyl (C=O) groups is 5. The Morgan fingerprint density at radius 1 is 1.10 bits per heavy atom. The molecule has 0 aromatic carbocycles. The molecule has 1 fully saturated rings. The number of hydroxylamine groups is 2. The number of hydrogen-bond donors (Lipinski definition) is 3. The summed E-state index contributed by atoms with van der Waals surface area (Å²) >= 11 is 0. The third-order valence-corrected chi connectivity index (χ3v) is 5.33. The highest BCUT2D eigenvalue weighted by atomic mass is 16.8. The summed E-state index contributed by atoms with van der Waals surface area (Å²) in [6, 6.07) is -0.0169. The van der Waals surface area contributed by atoms with E-state index in [0.29, 0.717) is 11.6 Å². The highest BCUT2D eigenvalue weighted by molar-refractivity contribution is 6.01. The Morgan fingerprint density at radius 3 is 2.23 bits per heavy atom. The van der Waals surface area contributed by atoms with Gasteiger partial charge in [-0.3, -0.25) is 19.2 Å². The fraction of sp³-hybridized carbons (Fsp3) is 0.750. The van der Waals surface area contributed by atoms with Crippen molar-refractivity contribution in [3.05, 3.63) is 0 Å². The van der Waals surface area contributed by atoms with Crippen LogP contribution in [0.1, 0.15) is 46.5 Å².